The minimum Gasteiger partial charge on any atom is -0.789 e. The third-order valence-corrected chi connectivity index (χ3v) is 32.2. The number of carbonyl (C=O) groups excluding carboxylic acids is 4. The number of aryl methyl sites for hydroxylation is 1. The van der Waals surface area contributed by atoms with E-state index in [2.05, 4.69) is 79.9 Å². The third kappa shape index (κ3) is 31.5. The molecule has 3 saturated carbocycles. The molecule has 5 aromatic rings. The molecule has 1 N–H and O–H groups in total. The molecule has 3 aliphatic carbocycles. The van der Waals surface area contributed by atoms with E-state index in [4.69, 9.17) is 41.0 Å². The Kier molecular flexibility index (Phi) is 47.0. The predicted octanol–water partition coefficient (Wildman–Crippen LogP) is 13.1. The summed E-state index contributed by atoms with van der Waals surface area (Å²) < 4.78 is 109. The molecule has 12 rings (SSSR count). The molecule has 0 radical (unpaired) electrons. The number of H-pyrrole nitrogens is 1. The van der Waals surface area contributed by atoms with Gasteiger partial charge in [-0.2, -0.15) is 9.64 Å². The van der Waals surface area contributed by atoms with Crippen LogP contribution < -0.4 is 51.8 Å². The van der Waals surface area contributed by atoms with E-state index in [1.54, 1.807) is 39.2 Å². The Labute approximate surface area is 770 Å². The second kappa shape index (κ2) is 52.7. The van der Waals surface area contributed by atoms with E-state index in [1.807, 2.05) is 27.7 Å². The monoisotopic (exact) mass is 1970 g/mol. The fourth-order valence-electron chi connectivity index (χ4n) is 16.2. The number of Topliss-reactive ketones (excluding diaryl/α,β-unsaturated/α-hetero) is 1. The summed E-state index contributed by atoms with van der Waals surface area (Å²) in [6, 6.07) is 2.13. The van der Waals surface area contributed by atoms with E-state index in [1.165, 1.54) is 74.3 Å². The van der Waals surface area contributed by atoms with Gasteiger partial charge in [0.05, 0.1) is 60.3 Å². The van der Waals surface area contributed by atoms with Gasteiger partial charge < -0.3 is 55.3 Å². The Morgan fingerprint density at radius 1 is 0.533 bits per heavy atom. The fraction of sp³-hybridized carbons (Fsp3) is 0.686. The second-order valence-electron chi connectivity index (χ2n) is 32.9. The molecule has 666 valence electrons. The van der Waals surface area contributed by atoms with E-state index >= 15 is 0 Å². The molecule has 0 amide bonds. The van der Waals surface area contributed by atoms with Crippen LogP contribution in [-0.2, 0) is 91.1 Å². The molecule has 0 bridgehead atoms. The van der Waals surface area contributed by atoms with Gasteiger partial charge >= 0.3 is 47.5 Å². The van der Waals surface area contributed by atoms with E-state index in [-0.39, 0.29) is 111 Å². The van der Waals surface area contributed by atoms with Crippen LogP contribution in [0.25, 0.3) is 0 Å². The van der Waals surface area contributed by atoms with E-state index in [0.29, 0.717) is 129 Å². The van der Waals surface area contributed by atoms with Crippen molar-refractivity contribution in [1.82, 2.24) is 23.7 Å². The van der Waals surface area contributed by atoms with Crippen LogP contribution in [0.5, 0.6) is 0 Å². The van der Waals surface area contributed by atoms with Crippen LogP contribution in [0.3, 0.4) is 0 Å². The number of carbonyl (C=O) groups is 4. The summed E-state index contributed by atoms with van der Waals surface area (Å²) in [6.07, 6.45) is 22.0. The van der Waals surface area contributed by atoms with Crippen LogP contribution >= 0.6 is 59.1 Å². The molecule has 0 spiro atoms. The van der Waals surface area contributed by atoms with Crippen molar-refractivity contribution in [3.63, 3.8) is 0 Å². The number of thiazole rings is 1. The topological polar surface area (TPSA) is 313 Å². The predicted molar refractivity (Wildman–Crippen MR) is 478 cm³/mol. The first-order valence-electron chi connectivity index (χ1n) is 41.9. The van der Waals surface area contributed by atoms with E-state index in [0.717, 1.165) is 146 Å². The second-order valence-corrected chi connectivity index (χ2v) is 45.3. The number of nitrogens with zero attached hydrogens (tertiary/aromatic N) is 4. The maximum atomic E-state index is 13.7. The van der Waals surface area contributed by atoms with Gasteiger partial charge in [-0.05, 0) is 211 Å². The van der Waals surface area contributed by atoms with Crippen LogP contribution in [-0.4, -0.2) is 173 Å². The van der Waals surface area contributed by atoms with Gasteiger partial charge in [0.25, 0.3) is 30.8 Å². The smallest absolute Gasteiger partial charge is 0.789 e. The number of pyridine rings is 4. The number of nitrogens with one attached hydrogen (secondary N) is 1. The summed E-state index contributed by atoms with van der Waals surface area (Å²) in [5, 5.41) is -0.354. The summed E-state index contributed by atoms with van der Waals surface area (Å²) >= 11 is 15.7. The molecular formula is C86H127AlBr3FN5NaO19S4. The average Bonchev–Trinajstić information content (AvgIpc) is 1.07. The van der Waals surface area contributed by atoms with Crippen LogP contribution in [0, 0.1) is 91.1 Å². The molecule has 24 nitrogen and oxygen atoms in total. The van der Waals surface area contributed by atoms with Gasteiger partial charge in [0.1, 0.15) is 21.9 Å². The SMILES string of the molecule is COC(=O)C(Br)CC1CCOCC1.COC(=O)C(CC1CCOCC1)n1c(C)c(C)c(Br)cc1=O.COC(=O)C(CC1CCOCC1)n1c(C)c(C)c(S(=O)(=O)C2CCCC2)cc1=O.Cc1[nH]c(=O)cc(Br)c1C.Cc1c(S(=O)(=O)C2CCCC2)c(C)c(=O)n(C(CC2CCOCC2)C(=O)Cc2ncc(F)s2)c1C.[CH3][Al]([CH3])[CH3].[Na+].[S-]C1CCCC1. The van der Waals surface area contributed by atoms with Crippen molar-refractivity contribution in [2.24, 2.45) is 23.7 Å². The van der Waals surface area contributed by atoms with Crippen LogP contribution in [0.2, 0.25) is 17.4 Å². The molecule has 4 atom stereocenters. The number of aromatic nitrogens is 5. The molecule has 5 aromatic heterocycles. The normalized spacial score (nSPS) is 18.1. The summed E-state index contributed by atoms with van der Waals surface area (Å²) in [4.78, 5) is 106. The number of ketones is 1. The van der Waals surface area contributed by atoms with Crippen molar-refractivity contribution in [3.05, 3.63) is 135 Å². The Balaban J connectivity index is 0.000000271. The van der Waals surface area contributed by atoms with Crippen molar-refractivity contribution >= 4 is 129 Å². The first-order valence-corrected chi connectivity index (χ1v) is 52.3. The minimum absolute atomic E-state index is 0. The fourth-order valence-corrected chi connectivity index (χ4v) is 23.4. The Bertz CT molecular complexity index is 4610. The van der Waals surface area contributed by atoms with E-state index < -0.39 is 70.5 Å². The quantitative estimate of drug-likeness (QED) is 0.0234. The van der Waals surface area contributed by atoms with Gasteiger partial charge in [0.2, 0.25) is 5.56 Å². The summed E-state index contributed by atoms with van der Waals surface area (Å²) in [5.41, 5.74) is 4.84. The van der Waals surface area contributed by atoms with Crippen molar-refractivity contribution in [3.8, 4) is 0 Å². The first kappa shape index (κ1) is 107. The zero-order valence-corrected chi connectivity index (χ0v) is 84.4. The molecule has 4 saturated heterocycles. The molecule has 0 aromatic carbocycles. The summed E-state index contributed by atoms with van der Waals surface area (Å²) in [5.74, 6) is 7.09. The number of halogens is 4. The Morgan fingerprint density at radius 3 is 1.30 bits per heavy atom. The number of aromatic amines is 1. The molecular weight excluding hydrogens is 1840 g/mol. The van der Waals surface area contributed by atoms with Gasteiger partial charge in [-0.15, -0.1) is 17.4 Å². The number of hydrogen-bond donors (Lipinski definition) is 1. The zero-order chi connectivity index (χ0) is 88.2. The van der Waals surface area contributed by atoms with Crippen molar-refractivity contribution < 1.29 is 103 Å². The van der Waals surface area contributed by atoms with Gasteiger partial charge in [0, 0.05) is 108 Å². The van der Waals surface area contributed by atoms with Crippen molar-refractivity contribution in [2.45, 2.75) is 289 Å². The number of alkyl halides is 1. The number of sulfone groups is 2. The largest absolute Gasteiger partial charge is 1.00 e. The number of esters is 3. The Hall–Kier alpha value is -3.50. The van der Waals surface area contributed by atoms with Gasteiger partial charge in [-0.3, -0.25) is 37.9 Å². The number of methoxy groups -OCH3 is 3. The van der Waals surface area contributed by atoms with Gasteiger partial charge in [-0.25, -0.2) is 31.4 Å². The van der Waals surface area contributed by atoms with Gasteiger partial charge in [0.15, 0.2) is 30.6 Å². The number of ether oxygens (including phenoxy) is 7. The molecule has 120 heavy (non-hydrogen) atoms. The first-order chi connectivity index (χ1) is 56.3. The van der Waals surface area contributed by atoms with Crippen molar-refractivity contribution in [1.29, 1.82) is 0 Å². The maximum Gasteiger partial charge on any atom is 1.00 e. The number of rotatable bonds is 21. The van der Waals surface area contributed by atoms with Crippen LogP contribution in [0.4, 0.5) is 4.39 Å². The average molecular weight is 1970 g/mol. The minimum atomic E-state index is -3.65. The van der Waals surface area contributed by atoms with Crippen LogP contribution in [0.15, 0.2) is 62.3 Å². The van der Waals surface area contributed by atoms with Gasteiger partial charge in [-0.1, -0.05) is 110 Å². The van der Waals surface area contributed by atoms with Crippen LogP contribution in [0.1, 0.15) is 228 Å². The summed E-state index contributed by atoms with van der Waals surface area (Å²) in [6.45, 7) is 21.6. The molecule has 9 heterocycles. The summed E-state index contributed by atoms with van der Waals surface area (Å²) in [7, 11) is -3.11. The molecule has 4 unspecified atom stereocenters. The molecule has 4 aliphatic heterocycles. The van der Waals surface area contributed by atoms with E-state index in [9.17, 15) is 59.6 Å². The Morgan fingerprint density at radius 2 is 0.908 bits per heavy atom. The van der Waals surface area contributed by atoms with Crippen molar-refractivity contribution in [2.75, 3.05) is 74.2 Å². The third-order valence-electron chi connectivity index (χ3n) is 23.6. The standard InChI is InChI=1S/C25H33FN2O5S2.C21H31NO6S.C16H22BrNO4.C9H15BrO3.C7H8BrNO.C5H10S.3CH3.Al.Na/c1-15-17(3)28(25(30)16(2)24(15)35(31,32)19-6-4-5-7-19)20(12-18-8-10-33-11-9-18)21(29)13-23-27-14-22(26)34-23;1-14-15(2)22(18(21(24)27-3)12-16-8-10-28-11-9-16)20(23)13-19(14)29(25,26)17-6-4-5-7-17;1-10-11(2)18(15(19)9-13(10)17)14(16(20)21-3)8-12-4-6-22-7-5-12;1-12-9(11)8(10)6-7-2-4-13-5-3-7;1-4-5(2)9-7(10)3-6(4)8;6-5-3-1-2-4-5;;;;;/h14,18-20H,4-13H2,1-3H3;13,16-18H,4-12H2,1-3H3;9,12,14H,4-8H2,1-3H3;7-8H,2-6H2,1H3;3H,1-2H3,(H,9,10);5-6H,1-4H2;3*1H3;;/q;;;;;;;;;;+1/p-1. The molecule has 7 fully saturated rings. The molecule has 34 heteroatoms. The zero-order valence-electron chi connectivity index (χ0n) is 73.3. The molecule has 7 aliphatic rings. The number of hydrogen-bond acceptors (Lipinski definition) is 22. The maximum absolute atomic E-state index is 13.7.